The lowest BCUT2D eigenvalue weighted by atomic mass is 10.1. The van der Waals surface area contributed by atoms with E-state index in [2.05, 4.69) is 17.4 Å². The number of nitrogens with one attached hydrogen (secondary N) is 1. The predicted molar refractivity (Wildman–Crippen MR) is 80.0 cm³/mol. The number of anilines is 1. The molecule has 0 atom stereocenters. The van der Waals surface area contributed by atoms with Crippen molar-refractivity contribution in [1.29, 1.82) is 0 Å². The summed E-state index contributed by atoms with van der Waals surface area (Å²) in [6.07, 6.45) is -0.258. The Kier molecular flexibility index (Phi) is 3.58. The molecule has 0 unspecified atom stereocenters. The summed E-state index contributed by atoms with van der Waals surface area (Å²) in [7, 11) is 3.26. The molecule has 0 fully saturated rings. The van der Waals surface area contributed by atoms with E-state index in [-0.39, 0.29) is 6.29 Å². The van der Waals surface area contributed by atoms with Crippen LogP contribution < -0.4 is 5.32 Å². The van der Waals surface area contributed by atoms with Gasteiger partial charge < -0.3 is 19.2 Å². The SMILES string of the molecule is COC(CNc1ccc2oc3ccccc3c2c1)OC. The van der Waals surface area contributed by atoms with Crippen LogP contribution in [0.25, 0.3) is 21.9 Å². The molecule has 0 aliphatic carbocycles. The minimum atomic E-state index is -0.258. The van der Waals surface area contributed by atoms with Crippen molar-refractivity contribution in [1.82, 2.24) is 0 Å². The summed E-state index contributed by atoms with van der Waals surface area (Å²) in [6, 6.07) is 14.1. The Morgan fingerprint density at radius 1 is 1.00 bits per heavy atom. The zero-order chi connectivity index (χ0) is 13.9. The van der Waals surface area contributed by atoms with Gasteiger partial charge in [-0.1, -0.05) is 18.2 Å². The number of methoxy groups -OCH3 is 2. The molecule has 2 aromatic carbocycles. The van der Waals surface area contributed by atoms with Gasteiger partial charge in [-0.2, -0.15) is 0 Å². The van der Waals surface area contributed by atoms with Crippen LogP contribution in [0.2, 0.25) is 0 Å². The first-order chi connectivity index (χ1) is 9.81. The van der Waals surface area contributed by atoms with Crippen molar-refractivity contribution < 1.29 is 13.9 Å². The standard InChI is InChI=1S/C16H17NO3/c1-18-16(19-2)10-17-11-7-8-15-13(9-11)12-5-3-4-6-14(12)20-15/h3-9,16-17H,10H2,1-2H3. The number of hydrogen-bond acceptors (Lipinski definition) is 4. The van der Waals surface area contributed by atoms with E-state index in [9.17, 15) is 0 Å². The zero-order valence-corrected chi connectivity index (χ0v) is 11.6. The summed E-state index contributed by atoms with van der Waals surface area (Å²) < 4.78 is 16.1. The van der Waals surface area contributed by atoms with Crippen molar-refractivity contribution in [3.63, 3.8) is 0 Å². The van der Waals surface area contributed by atoms with Gasteiger partial charge in [0.1, 0.15) is 11.2 Å². The molecule has 3 rings (SSSR count). The predicted octanol–water partition coefficient (Wildman–Crippen LogP) is 3.62. The van der Waals surface area contributed by atoms with Crippen molar-refractivity contribution >= 4 is 27.6 Å². The van der Waals surface area contributed by atoms with Crippen LogP contribution in [0.4, 0.5) is 5.69 Å². The Bertz CT molecular complexity index is 716. The molecule has 1 N–H and O–H groups in total. The second kappa shape index (κ2) is 5.53. The normalized spacial score (nSPS) is 11.6. The first kappa shape index (κ1) is 13.0. The third-order valence-electron chi connectivity index (χ3n) is 3.38. The van der Waals surface area contributed by atoms with Gasteiger partial charge in [0.05, 0.1) is 6.54 Å². The molecule has 0 bridgehead atoms. The number of furan rings is 1. The maximum Gasteiger partial charge on any atom is 0.173 e. The largest absolute Gasteiger partial charge is 0.456 e. The lowest BCUT2D eigenvalue weighted by Crippen LogP contribution is -2.23. The Morgan fingerprint density at radius 2 is 1.75 bits per heavy atom. The molecular weight excluding hydrogens is 254 g/mol. The Labute approximate surface area is 117 Å². The molecule has 0 saturated heterocycles. The maximum atomic E-state index is 5.80. The van der Waals surface area contributed by atoms with Gasteiger partial charge in [0.15, 0.2) is 6.29 Å². The van der Waals surface area contributed by atoms with E-state index in [0.29, 0.717) is 6.54 Å². The van der Waals surface area contributed by atoms with Crippen LogP contribution in [0.15, 0.2) is 46.9 Å². The van der Waals surface area contributed by atoms with Gasteiger partial charge in [0.25, 0.3) is 0 Å². The quantitative estimate of drug-likeness (QED) is 0.720. The third-order valence-corrected chi connectivity index (χ3v) is 3.38. The fourth-order valence-corrected chi connectivity index (χ4v) is 2.30. The molecule has 0 aliphatic heterocycles. The van der Waals surface area contributed by atoms with Crippen molar-refractivity contribution in [2.45, 2.75) is 6.29 Å². The molecule has 0 radical (unpaired) electrons. The van der Waals surface area contributed by atoms with Gasteiger partial charge >= 0.3 is 0 Å². The molecular formula is C16H17NO3. The first-order valence-corrected chi connectivity index (χ1v) is 6.52. The van der Waals surface area contributed by atoms with Gasteiger partial charge in [-0.25, -0.2) is 0 Å². The summed E-state index contributed by atoms with van der Waals surface area (Å²) >= 11 is 0. The molecule has 3 aromatic rings. The molecule has 0 aliphatic rings. The van der Waals surface area contributed by atoms with E-state index in [1.807, 2.05) is 30.3 Å². The van der Waals surface area contributed by atoms with Gasteiger partial charge in [0.2, 0.25) is 0 Å². The number of benzene rings is 2. The van der Waals surface area contributed by atoms with Crippen LogP contribution in [0.3, 0.4) is 0 Å². The maximum absolute atomic E-state index is 5.80. The highest BCUT2D eigenvalue weighted by Crippen LogP contribution is 2.30. The molecule has 1 heterocycles. The fourth-order valence-electron chi connectivity index (χ4n) is 2.30. The van der Waals surface area contributed by atoms with E-state index in [1.54, 1.807) is 14.2 Å². The Morgan fingerprint density at radius 3 is 2.55 bits per heavy atom. The highest BCUT2D eigenvalue weighted by atomic mass is 16.7. The number of ether oxygens (including phenoxy) is 2. The van der Waals surface area contributed by atoms with Crippen molar-refractivity contribution in [2.24, 2.45) is 0 Å². The van der Waals surface area contributed by atoms with Crippen LogP contribution in [0.5, 0.6) is 0 Å². The molecule has 20 heavy (non-hydrogen) atoms. The highest BCUT2D eigenvalue weighted by molar-refractivity contribution is 6.05. The average molecular weight is 271 g/mol. The number of rotatable bonds is 5. The number of fused-ring (bicyclic) bond motifs is 3. The van der Waals surface area contributed by atoms with Gasteiger partial charge in [-0.05, 0) is 24.3 Å². The van der Waals surface area contributed by atoms with Crippen LogP contribution in [0, 0.1) is 0 Å². The minimum absolute atomic E-state index is 0.258. The number of hydrogen-bond donors (Lipinski definition) is 1. The van der Waals surface area contributed by atoms with Crippen LogP contribution in [-0.4, -0.2) is 27.1 Å². The van der Waals surface area contributed by atoms with Gasteiger partial charge in [0, 0.05) is 30.7 Å². The second-order valence-electron chi connectivity index (χ2n) is 4.59. The highest BCUT2D eigenvalue weighted by Gasteiger charge is 2.08. The molecule has 4 heteroatoms. The second-order valence-corrected chi connectivity index (χ2v) is 4.59. The minimum Gasteiger partial charge on any atom is -0.456 e. The van der Waals surface area contributed by atoms with E-state index >= 15 is 0 Å². The summed E-state index contributed by atoms with van der Waals surface area (Å²) in [5, 5.41) is 5.54. The number of para-hydroxylation sites is 1. The smallest absolute Gasteiger partial charge is 0.173 e. The summed E-state index contributed by atoms with van der Waals surface area (Å²) in [4.78, 5) is 0. The zero-order valence-electron chi connectivity index (χ0n) is 11.6. The van der Waals surface area contributed by atoms with E-state index < -0.39 is 0 Å². The lowest BCUT2D eigenvalue weighted by Gasteiger charge is -2.14. The van der Waals surface area contributed by atoms with Crippen molar-refractivity contribution in [3.8, 4) is 0 Å². The lowest BCUT2D eigenvalue weighted by molar-refractivity contribution is -0.0914. The van der Waals surface area contributed by atoms with E-state index in [4.69, 9.17) is 13.9 Å². The topological polar surface area (TPSA) is 43.6 Å². The van der Waals surface area contributed by atoms with Gasteiger partial charge in [-0.15, -0.1) is 0 Å². The van der Waals surface area contributed by atoms with E-state index in [0.717, 1.165) is 27.6 Å². The van der Waals surface area contributed by atoms with Crippen molar-refractivity contribution in [2.75, 3.05) is 26.1 Å². The third kappa shape index (κ3) is 2.35. The molecule has 104 valence electrons. The molecule has 1 aromatic heterocycles. The summed E-state index contributed by atoms with van der Waals surface area (Å²) in [5.74, 6) is 0. The monoisotopic (exact) mass is 271 g/mol. The fraction of sp³-hybridized carbons (Fsp3) is 0.250. The summed E-state index contributed by atoms with van der Waals surface area (Å²) in [6.45, 7) is 0.592. The average Bonchev–Trinajstić information content (AvgIpc) is 2.86. The molecule has 0 spiro atoms. The van der Waals surface area contributed by atoms with Crippen LogP contribution in [-0.2, 0) is 9.47 Å². The van der Waals surface area contributed by atoms with E-state index in [1.165, 1.54) is 0 Å². The molecule has 0 saturated carbocycles. The van der Waals surface area contributed by atoms with Crippen LogP contribution in [0.1, 0.15) is 0 Å². The Hall–Kier alpha value is -2.04. The van der Waals surface area contributed by atoms with Crippen molar-refractivity contribution in [3.05, 3.63) is 42.5 Å². The summed E-state index contributed by atoms with van der Waals surface area (Å²) in [5.41, 5.74) is 2.82. The Balaban J connectivity index is 1.91. The molecule has 0 amide bonds. The van der Waals surface area contributed by atoms with Crippen LogP contribution >= 0.6 is 0 Å². The first-order valence-electron chi connectivity index (χ1n) is 6.52. The molecule has 4 nitrogen and oxygen atoms in total. The van der Waals surface area contributed by atoms with Gasteiger partial charge in [-0.3, -0.25) is 0 Å².